The summed E-state index contributed by atoms with van der Waals surface area (Å²) in [6.45, 7) is 4.94. The summed E-state index contributed by atoms with van der Waals surface area (Å²) >= 11 is 0. The fraction of sp³-hybridized carbons (Fsp3) is 0.773. The molecule has 0 spiro atoms. The fourth-order valence-electron chi connectivity index (χ4n) is 6.77. The van der Waals surface area contributed by atoms with Crippen molar-refractivity contribution in [2.75, 3.05) is 0 Å². The number of alkyl halides is 1. The highest BCUT2D eigenvalue weighted by atomic mass is 19.1. The molecular formula is C22H29FO5. The van der Waals surface area contributed by atoms with E-state index in [4.69, 9.17) is 9.47 Å². The van der Waals surface area contributed by atoms with Gasteiger partial charge in [0, 0.05) is 37.5 Å². The molecule has 4 rings (SSSR count). The largest absolute Gasteiger partial charge is 0.462 e. The summed E-state index contributed by atoms with van der Waals surface area (Å²) < 4.78 is 25.6. The first kappa shape index (κ1) is 19.6. The van der Waals surface area contributed by atoms with E-state index >= 15 is 0 Å². The Bertz CT molecular complexity index is 745. The Morgan fingerprint density at radius 3 is 2.50 bits per heavy atom. The van der Waals surface area contributed by atoms with Crippen molar-refractivity contribution in [2.45, 2.75) is 83.6 Å². The van der Waals surface area contributed by atoms with Crippen LogP contribution >= 0.6 is 0 Å². The summed E-state index contributed by atoms with van der Waals surface area (Å²) in [5, 5.41) is 0. The molecule has 0 saturated heterocycles. The summed E-state index contributed by atoms with van der Waals surface area (Å²) in [6.07, 6.45) is 4.43. The van der Waals surface area contributed by atoms with Gasteiger partial charge in [0.1, 0.15) is 17.9 Å². The van der Waals surface area contributed by atoms with Crippen LogP contribution in [0, 0.1) is 23.2 Å². The average Bonchev–Trinajstić information content (AvgIpc) is 2.91. The van der Waals surface area contributed by atoms with Crippen LogP contribution in [-0.4, -0.2) is 35.6 Å². The van der Waals surface area contributed by atoms with E-state index in [2.05, 4.69) is 6.92 Å². The topological polar surface area (TPSA) is 69.7 Å². The second-order valence-electron chi connectivity index (χ2n) is 9.35. The van der Waals surface area contributed by atoms with Gasteiger partial charge in [-0.25, -0.2) is 4.39 Å². The first-order chi connectivity index (χ1) is 13.2. The summed E-state index contributed by atoms with van der Waals surface area (Å²) in [7, 11) is 0. The molecule has 3 saturated carbocycles. The number of esters is 2. The Kier molecular flexibility index (Phi) is 4.66. The molecule has 3 fully saturated rings. The van der Waals surface area contributed by atoms with E-state index in [0.29, 0.717) is 24.8 Å². The summed E-state index contributed by atoms with van der Waals surface area (Å²) in [6, 6.07) is 0. The molecule has 0 aromatic heterocycles. The second kappa shape index (κ2) is 6.67. The third-order valence-corrected chi connectivity index (χ3v) is 7.88. The van der Waals surface area contributed by atoms with Gasteiger partial charge in [-0.1, -0.05) is 6.92 Å². The standard InChI is InChI=1S/C22H29FO5/c1-12(24)27-19-5-4-16-20-17(7-8-21(16,19)3)22(28-13(2)25)9-6-15(23)10-14(22)11-18(20)26/h11,15-17,19-20H,4-10H2,1-3H3. The minimum Gasteiger partial charge on any atom is -0.462 e. The van der Waals surface area contributed by atoms with Gasteiger partial charge in [-0.15, -0.1) is 0 Å². The van der Waals surface area contributed by atoms with Gasteiger partial charge in [0.05, 0.1) is 0 Å². The van der Waals surface area contributed by atoms with Crippen molar-refractivity contribution in [2.24, 2.45) is 23.2 Å². The lowest BCUT2D eigenvalue weighted by Crippen LogP contribution is -2.59. The van der Waals surface area contributed by atoms with Gasteiger partial charge in [-0.05, 0) is 56.1 Å². The molecule has 0 bridgehead atoms. The quantitative estimate of drug-likeness (QED) is 0.671. The van der Waals surface area contributed by atoms with Crippen LogP contribution < -0.4 is 0 Å². The molecule has 4 aliphatic carbocycles. The lowest BCUT2D eigenvalue weighted by atomic mass is 9.51. The molecule has 0 N–H and O–H groups in total. The van der Waals surface area contributed by atoms with E-state index in [1.165, 1.54) is 13.8 Å². The van der Waals surface area contributed by atoms with Gasteiger partial charge >= 0.3 is 11.9 Å². The number of halogens is 1. The highest BCUT2D eigenvalue weighted by Crippen LogP contribution is 2.63. The molecule has 6 heteroatoms. The smallest absolute Gasteiger partial charge is 0.303 e. The van der Waals surface area contributed by atoms with Gasteiger partial charge in [-0.2, -0.15) is 0 Å². The molecule has 0 aliphatic heterocycles. The van der Waals surface area contributed by atoms with Crippen molar-refractivity contribution < 1.29 is 28.2 Å². The number of ketones is 1. The number of ether oxygens (including phenoxy) is 2. The van der Waals surface area contributed by atoms with Crippen molar-refractivity contribution >= 4 is 17.7 Å². The predicted molar refractivity (Wildman–Crippen MR) is 98.9 cm³/mol. The van der Waals surface area contributed by atoms with Crippen molar-refractivity contribution in [3.63, 3.8) is 0 Å². The maximum atomic E-state index is 14.1. The van der Waals surface area contributed by atoms with Crippen LogP contribution in [-0.2, 0) is 23.9 Å². The van der Waals surface area contributed by atoms with Gasteiger partial charge in [0.15, 0.2) is 5.78 Å². The van der Waals surface area contributed by atoms with E-state index < -0.39 is 11.8 Å². The Morgan fingerprint density at radius 2 is 1.82 bits per heavy atom. The van der Waals surface area contributed by atoms with Crippen LogP contribution in [0.25, 0.3) is 0 Å². The summed E-state index contributed by atoms with van der Waals surface area (Å²) in [5.74, 6) is -0.950. The normalized spacial score (nSPS) is 44.6. The van der Waals surface area contributed by atoms with Crippen molar-refractivity contribution in [1.29, 1.82) is 0 Å². The predicted octanol–water partition coefficient (Wildman–Crippen LogP) is 3.69. The Balaban J connectivity index is 1.73. The number of rotatable bonds is 2. The molecular weight excluding hydrogens is 363 g/mol. The van der Waals surface area contributed by atoms with Crippen LogP contribution in [0.5, 0.6) is 0 Å². The third-order valence-electron chi connectivity index (χ3n) is 7.88. The molecule has 0 aromatic rings. The SMILES string of the molecule is CC(=O)OC1CCC2C3C(=O)C=C4CC(F)CCC4(OC(C)=O)C3CCC12C. The highest BCUT2D eigenvalue weighted by Gasteiger charge is 2.64. The van der Waals surface area contributed by atoms with Gasteiger partial charge in [-0.3, -0.25) is 14.4 Å². The number of fused-ring (bicyclic) bond motifs is 5. The maximum absolute atomic E-state index is 14.1. The van der Waals surface area contributed by atoms with Gasteiger partial charge in [0.25, 0.3) is 0 Å². The number of hydrogen-bond acceptors (Lipinski definition) is 5. The molecule has 7 atom stereocenters. The molecule has 0 radical (unpaired) electrons. The van der Waals surface area contributed by atoms with Crippen LogP contribution in [0.4, 0.5) is 4.39 Å². The molecule has 0 heterocycles. The molecule has 154 valence electrons. The van der Waals surface area contributed by atoms with Crippen molar-refractivity contribution in [3.05, 3.63) is 11.6 Å². The Hall–Kier alpha value is -1.72. The second-order valence-corrected chi connectivity index (χ2v) is 9.35. The van der Waals surface area contributed by atoms with Crippen LogP contribution in [0.1, 0.15) is 65.7 Å². The lowest BCUT2D eigenvalue weighted by molar-refractivity contribution is -0.180. The zero-order valence-electron chi connectivity index (χ0n) is 16.8. The first-order valence-corrected chi connectivity index (χ1v) is 10.4. The number of carbonyl (C=O) groups is 3. The van der Waals surface area contributed by atoms with Crippen LogP contribution in [0.2, 0.25) is 0 Å². The van der Waals surface area contributed by atoms with Gasteiger partial charge < -0.3 is 9.47 Å². The lowest BCUT2D eigenvalue weighted by Gasteiger charge is -2.56. The number of carbonyl (C=O) groups excluding carboxylic acids is 3. The summed E-state index contributed by atoms with van der Waals surface area (Å²) in [5.41, 5.74) is -0.443. The molecule has 28 heavy (non-hydrogen) atoms. The molecule has 7 unspecified atom stereocenters. The zero-order valence-corrected chi connectivity index (χ0v) is 16.8. The Labute approximate surface area is 165 Å². The van der Waals surface area contributed by atoms with Gasteiger partial charge in [0.2, 0.25) is 0 Å². The number of hydrogen-bond donors (Lipinski definition) is 0. The first-order valence-electron chi connectivity index (χ1n) is 10.4. The summed E-state index contributed by atoms with van der Waals surface area (Å²) in [4.78, 5) is 36.7. The van der Waals surface area contributed by atoms with E-state index in [1.807, 2.05) is 0 Å². The minimum absolute atomic E-state index is 0.0243. The van der Waals surface area contributed by atoms with E-state index in [9.17, 15) is 18.8 Å². The minimum atomic E-state index is -0.993. The average molecular weight is 392 g/mol. The van der Waals surface area contributed by atoms with Crippen LogP contribution in [0.3, 0.4) is 0 Å². The molecule has 0 aromatic carbocycles. The number of allylic oxidation sites excluding steroid dienone is 1. The molecule has 4 aliphatic rings. The third kappa shape index (κ3) is 2.82. The van der Waals surface area contributed by atoms with Crippen molar-refractivity contribution in [3.8, 4) is 0 Å². The van der Waals surface area contributed by atoms with E-state index in [-0.39, 0.29) is 53.4 Å². The van der Waals surface area contributed by atoms with Crippen LogP contribution in [0.15, 0.2) is 11.6 Å². The maximum Gasteiger partial charge on any atom is 0.303 e. The highest BCUT2D eigenvalue weighted by molar-refractivity contribution is 5.95. The molecule has 0 amide bonds. The van der Waals surface area contributed by atoms with E-state index in [1.54, 1.807) is 6.08 Å². The Morgan fingerprint density at radius 1 is 1.07 bits per heavy atom. The fourth-order valence-corrected chi connectivity index (χ4v) is 6.77. The van der Waals surface area contributed by atoms with Crippen molar-refractivity contribution in [1.82, 2.24) is 0 Å². The zero-order chi connectivity index (χ0) is 20.3. The molecule has 5 nitrogen and oxygen atoms in total. The van der Waals surface area contributed by atoms with E-state index in [0.717, 1.165) is 19.3 Å². The monoisotopic (exact) mass is 392 g/mol.